The summed E-state index contributed by atoms with van der Waals surface area (Å²) in [6.07, 6.45) is 1.69. The minimum Gasteiger partial charge on any atom is -0.377 e. The summed E-state index contributed by atoms with van der Waals surface area (Å²) in [6, 6.07) is 19.7. The van der Waals surface area contributed by atoms with Crippen LogP contribution in [0.25, 0.3) is 6.08 Å². The molecular weight excluding hydrogens is 783 g/mol. The first-order valence-electron chi connectivity index (χ1n) is 12.4. The molecule has 1 aliphatic rings. The number of rotatable bonds is 6. The highest BCUT2D eigenvalue weighted by Gasteiger charge is 2.35. The first kappa shape index (κ1) is 32.1. The van der Waals surface area contributed by atoms with Gasteiger partial charge in [0.05, 0.1) is 25.2 Å². The van der Waals surface area contributed by atoms with Crippen LogP contribution >= 0.6 is 78.4 Å². The van der Waals surface area contributed by atoms with Crippen molar-refractivity contribution in [2.24, 2.45) is 4.99 Å². The molecule has 6 nitrogen and oxygen atoms in total. The largest absolute Gasteiger partial charge is 0.377 e. The molecule has 1 fully saturated rings. The number of halogens is 5. The Morgan fingerprint density at radius 2 is 1.47 bits per heavy atom. The van der Waals surface area contributed by atoms with Crippen LogP contribution in [0.1, 0.15) is 16.7 Å². The molecular formula is C30H19Br2Cl3N2O4S2. The number of aliphatic imine (C=N–C) groups is 1. The first-order valence-corrected chi connectivity index (χ1v) is 17.3. The van der Waals surface area contributed by atoms with Gasteiger partial charge < -0.3 is 4.18 Å². The molecule has 1 heterocycles. The molecule has 1 saturated heterocycles. The van der Waals surface area contributed by atoms with Crippen molar-refractivity contribution in [2.45, 2.75) is 18.7 Å². The van der Waals surface area contributed by atoms with Crippen molar-refractivity contribution in [1.82, 2.24) is 0 Å². The van der Waals surface area contributed by atoms with Gasteiger partial charge >= 0.3 is 10.1 Å². The van der Waals surface area contributed by atoms with Crippen LogP contribution in [0.4, 0.5) is 11.4 Å². The highest BCUT2D eigenvalue weighted by atomic mass is 79.9. The van der Waals surface area contributed by atoms with Gasteiger partial charge in [0.25, 0.3) is 5.91 Å². The van der Waals surface area contributed by atoms with E-state index in [1.54, 1.807) is 36.4 Å². The summed E-state index contributed by atoms with van der Waals surface area (Å²) < 4.78 is 31.9. The Balaban J connectivity index is 1.51. The fourth-order valence-corrected chi connectivity index (χ4v) is 7.95. The number of hydrogen-bond acceptors (Lipinski definition) is 6. The van der Waals surface area contributed by atoms with E-state index >= 15 is 0 Å². The van der Waals surface area contributed by atoms with Gasteiger partial charge in [0.2, 0.25) is 0 Å². The van der Waals surface area contributed by atoms with Crippen LogP contribution in [0.5, 0.6) is 5.75 Å². The molecule has 1 aliphatic heterocycles. The van der Waals surface area contributed by atoms with Crippen molar-refractivity contribution in [1.29, 1.82) is 0 Å². The predicted octanol–water partition coefficient (Wildman–Crippen LogP) is 10.4. The Kier molecular flexibility index (Phi) is 9.68. The summed E-state index contributed by atoms with van der Waals surface area (Å²) in [5.41, 5.74) is 3.54. The molecule has 0 aliphatic carbocycles. The summed E-state index contributed by atoms with van der Waals surface area (Å²) in [6.45, 7) is 3.78. The fourth-order valence-electron chi connectivity index (χ4n) is 3.91. The summed E-state index contributed by atoms with van der Waals surface area (Å²) in [5, 5.41) is 1.90. The number of amides is 1. The molecule has 43 heavy (non-hydrogen) atoms. The highest BCUT2D eigenvalue weighted by Crippen LogP contribution is 2.41. The van der Waals surface area contributed by atoms with Gasteiger partial charge in [-0.25, -0.2) is 4.99 Å². The Morgan fingerprint density at radius 1 is 0.860 bits per heavy atom. The minimum absolute atomic E-state index is 0.0483. The Bertz CT molecular complexity index is 1930. The quantitative estimate of drug-likeness (QED) is 0.143. The van der Waals surface area contributed by atoms with E-state index in [4.69, 9.17) is 44.0 Å². The SMILES string of the molecule is Cc1ccc(N=C2S/C(=C/c3cc(Br)c(OS(=O)(=O)c4ccc(Cl)cc4)c(Br)c3)C(=O)N2c2ccc(C)c(Cl)c2)cc1Cl. The van der Waals surface area contributed by atoms with Gasteiger partial charge in [-0.05, 0) is 141 Å². The van der Waals surface area contributed by atoms with Gasteiger partial charge in [0, 0.05) is 15.1 Å². The van der Waals surface area contributed by atoms with Gasteiger partial charge in [-0.1, -0.05) is 46.9 Å². The number of hydrogen-bond donors (Lipinski definition) is 0. The van der Waals surface area contributed by atoms with Crippen molar-refractivity contribution in [2.75, 3.05) is 4.90 Å². The number of nitrogens with zero attached hydrogens (tertiary/aromatic N) is 2. The lowest BCUT2D eigenvalue weighted by Crippen LogP contribution is -2.28. The molecule has 0 radical (unpaired) electrons. The topological polar surface area (TPSA) is 76.0 Å². The summed E-state index contributed by atoms with van der Waals surface area (Å²) in [5.74, 6) is -0.253. The Hall–Kier alpha value is -2.31. The normalized spacial score (nSPS) is 15.5. The van der Waals surface area contributed by atoms with Crippen LogP contribution in [0.3, 0.4) is 0 Å². The van der Waals surface area contributed by atoms with E-state index in [9.17, 15) is 13.2 Å². The second-order valence-corrected chi connectivity index (χ2v) is 14.8. The molecule has 0 unspecified atom stereocenters. The third-order valence-corrected chi connectivity index (χ3v) is 10.7. The highest BCUT2D eigenvalue weighted by molar-refractivity contribution is 9.11. The predicted molar refractivity (Wildman–Crippen MR) is 184 cm³/mol. The maximum absolute atomic E-state index is 13.8. The average Bonchev–Trinajstić information content (AvgIpc) is 3.24. The molecule has 4 aromatic rings. The number of amidine groups is 1. The zero-order valence-corrected chi connectivity index (χ0v) is 29.3. The van der Waals surface area contributed by atoms with Crippen molar-refractivity contribution in [3.63, 3.8) is 0 Å². The van der Waals surface area contributed by atoms with Crippen LogP contribution in [0, 0.1) is 13.8 Å². The zero-order valence-electron chi connectivity index (χ0n) is 22.2. The molecule has 0 N–H and O–H groups in total. The van der Waals surface area contributed by atoms with Crippen molar-refractivity contribution in [3.05, 3.63) is 118 Å². The first-order chi connectivity index (χ1) is 20.3. The molecule has 220 valence electrons. The fraction of sp³-hybridized carbons (Fsp3) is 0.0667. The maximum atomic E-state index is 13.8. The summed E-state index contributed by atoms with van der Waals surface area (Å²) >= 11 is 26.6. The van der Waals surface area contributed by atoms with E-state index in [1.807, 2.05) is 32.0 Å². The number of carbonyl (C=O) groups is 1. The van der Waals surface area contributed by atoms with Gasteiger partial charge in [0.15, 0.2) is 10.9 Å². The van der Waals surface area contributed by atoms with E-state index in [-0.39, 0.29) is 16.6 Å². The molecule has 4 aromatic carbocycles. The van der Waals surface area contributed by atoms with Crippen LogP contribution in [0.15, 0.2) is 96.5 Å². The van der Waals surface area contributed by atoms with E-state index in [0.29, 0.717) is 51.0 Å². The number of carbonyl (C=O) groups excluding carboxylic acids is 1. The van der Waals surface area contributed by atoms with E-state index in [2.05, 4.69) is 31.9 Å². The molecule has 0 aromatic heterocycles. The van der Waals surface area contributed by atoms with Crippen LogP contribution in [0.2, 0.25) is 15.1 Å². The summed E-state index contributed by atoms with van der Waals surface area (Å²) in [7, 11) is -4.14. The third kappa shape index (κ3) is 7.17. The van der Waals surface area contributed by atoms with Gasteiger partial charge in [-0.3, -0.25) is 9.69 Å². The molecule has 0 saturated carbocycles. The maximum Gasteiger partial charge on any atom is 0.339 e. The van der Waals surface area contributed by atoms with Crippen molar-refractivity contribution < 1.29 is 17.4 Å². The van der Waals surface area contributed by atoms with Crippen molar-refractivity contribution >= 4 is 117 Å². The Morgan fingerprint density at radius 3 is 2.07 bits per heavy atom. The van der Waals surface area contributed by atoms with Gasteiger partial charge in [0.1, 0.15) is 4.90 Å². The Labute approximate surface area is 285 Å². The number of benzene rings is 4. The lowest BCUT2D eigenvalue weighted by Gasteiger charge is -2.16. The third-order valence-electron chi connectivity index (χ3n) is 6.21. The van der Waals surface area contributed by atoms with E-state index in [0.717, 1.165) is 11.1 Å². The lowest BCUT2D eigenvalue weighted by molar-refractivity contribution is -0.113. The van der Waals surface area contributed by atoms with Crippen LogP contribution < -0.4 is 9.08 Å². The van der Waals surface area contributed by atoms with Gasteiger partial charge in [-0.2, -0.15) is 8.42 Å². The molecule has 0 bridgehead atoms. The van der Waals surface area contributed by atoms with Crippen LogP contribution in [-0.4, -0.2) is 19.5 Å². The number of anilines is 1. The van der Waals surface area contributed by atoms with Crippen molar-refractivity contribution in [3.8, 4) is 5.75 Å². The monoisotopic (exact) mass is 798 g/mol. The second kappa shape index (κ2) is 13.0. The number of aryl methyl sites for hydroxylation is 2. The smallest absolute Gasteiger partial charge is 0.339 e. The minimum atomic E-state index is -4.14. The molecule has 0 spiro atoms. The van der Waals surface area contributed by atoms with Gasteiger partial charge in [-0.15, -0.1) is 0 Å². The van der Waals surface area contributed by atoms with E-state index in [1.165, 1.54) is 40.9 Å². The standard InChI is InChI=1S/C30H19Br2Cl3N2O4S2/c1-16-3-7-20(14-25(16)34)36-30-37(21-8-4-17(2)26(35)15-21)29(38)27(42-30)13-18-11-23(31)28(24(32)12-18)41-43(39,40)22-9-5-19(33)6-10-22/h3-15H,1-2H3/b27-13+,36-30?. The molecule has 0 atom stereocenters. The zero-order chi connectivity index (χ0) is 31.1. The molecule has 13 heteroatoms. The molecule has 1 amide bonds. The molecule has 5 rings (SSSR count). The second-order valence-electron chi connectivity index (χ2n) is 9.32. The number of thioether (sulfide) groups is 1. The van der Waals surface area contributed by atoms with Crippen LogP contribution in [-0.2, 0) is 14.9 Å². The lowest BCUT2D eigenvalue weighted by atomic mass is 10.2. The average molecular weight is 802 g/mol. The van der Waals surface area contributed by atoms with E-state index < -0.39 is 10.1 Å². The summed E-state index contributed by atoms with van der Waals surface area (Å²) in [4.78, 5) is 20.4.